The molecule has 102 valence electrons. The molecule has 1 unspecified atom stereocenters. The third kappa shape index (κ3) is 3.38. The van der Waals surface area contributed by atoms with Gasteiger partial charge in [-0.15, -0.1) is 0 Å². The van der Waals surface area contributed by atoms with Gasteiger partial charge in [0.15, 0.2) is 11.9 Å². The molecule has 5 nitrogen and oxygen atoms in total. The molecule has 18 heavy (non-hydrogen) atoms. The van der Waals surface area contributed by atoms with Gasteiger partial charge < -0.3 is 14.8 Å². The minimum atomic E-state index is -4.46. The number of nitrogens with zero attached hydrogens (tertiary/aromatic N) is 2. The van der Waals surface area contributed by atoms with E-state index in [0.717, 1.165) is 13.3 Å². The lowest BCUT2D eigenvalue weighted by Gasteiger charge is -2.19. The molecule has 1 rings (SSSR count). The first-order valence-corrected chi connectivity index (χ1v) is 5.26. The summed E-state index contributed by atoms with van der Waals surface area (Å²) in [5.74, 6) is 0.100. The summed E-state index contributed by atoms with van der Waals surface area (Å²) in [7, 11) is 1.31. The minimum absolute atomic E-state index is 0.0513. The summed E-state index contributed by atoms with van der Waals surface area (Å²) in [6.45, 7) is 3.26. The van der Waals surface area contributed by atoms with Crippen LogP contribution in [0.4, 0.5) is 19.0 Å². The van der Waals surface area contributed by atoms with E-state index in [1.54, 1.807) is 0 Å². The minimum Gasteiger partial charge on any atom is -0.489 e. The Labute approximate surface area is 102 Å². The Kier molecular flexibility index (Phi) is 4.57. The maximum atomic E-state index is 12.4. The first-order valence-electron chi connectivity index (χ1n) is 5.26. The van der Waals surface area contributed by atoms with Crippen molar-refractivity contribution in [2.24, 2.45) is 0 Å². The quantitative estimate of drug-likeness (QED) is 0.884. The van der Waals surface area contributed by atoms with E-state index in [-0.39, 0.29) is 11.6 Å². The summed E-state index contributed by atoms with van der Waals surface area (Å²) in [5.41, 5.74) is 0. The number of aromatic nitrogens is 2. The van der Waals surface area contributed by atoms with Crippen LogP contribution in [0.25, 0.3) is 0 Å². The molecule has 1 heterocycles. The molecule has 0 fully saturated rings. The van der Waals surface area contributed by atoms with Gasteiger partial charge in [-0.05, 0) is 13.8 Å². The summed E-state index contributed by atoms with van der Waals surface area (Å²) in [4.78, 5) is 7.51. The highest BCUT2D eigenvalue weighted by atomic mass is 19.4. The van der Waals surface area contributed by atoms with Crippen LogP contribution in [0, 0.1) is 0 Å². The first kappa shape index (κ1) is 14.3. The van der Waals surface area contributed by atoms with Crippen LogP contribution in [0.1, 0.15) is 13.8 Å². The lowest BCUT2D eigenvalue weighted by Crippen LogP contribution is -2.31. The number of methoxy groups -OCH3 is 1. The number of hydrogen-bond donors (Lipinski definition) is 1. The Hall–Kier alpha value is -1.73. The smallest absolute Gasteiger partial charge is 0.425 e. The summed E-state index contributed by atoms with van der Waals surface area (Å²) in [6.07, 6.45) is -5.33. The molecule has 8 heteroatoms. The van der Waals surface area contributed by atoms with Crippen molar-refractivity contribution in [3.8, 4) is 11.6 Å². The number of alkyl halides is 3. The fourth-order valence-corrected chi connectivity index (χ4v) is 1.15. The number of halogens is 3. The van der Waals surface area contributed by atoms with Gasteiger partial charge in [-0.25, -0.2) is 4.98 Å². The van der Waals surface area contributed by atoms with Crippen LogP contribution in [-0.4, -0.2) is 35.9 Å². The van der Waals surface area contributed by atoms with E-state index >= 15 is 0 Å². The van der Waals surface area contributed by atoms with Crippen LogP contribution in [0.2, 0.25) is 0 Å². The number of anilines is 1. The normalized spacial score (nSPS) is 13.0. The van der Waals surface area contributed by atoms with Crippen molar-refractivity contribution in [2.75, 3.05) is 19.0 Å². The highest BCUT2D eigenvalue weighted by Gasteiger charge is 2.39. The maximum absolute atomic E-state index is 12.4. The molecule has 0 aliphatic carbocycles. The van der Waals surface area contributed by atoms with Gasteiger partial charge in [0.25, 0.3) is 5.88 Å². The van der Waals surface area contributed by atoms with Crippen molar-refractivity contribution >= 4 is 5.82 Å². The average molecular weight is 265 g/mol. The molecule has 0 spiro atoms. The van der Waals surface area contributed by atoms with Gasteiger partial charge in [0, 0.05) is 6.54 Å². The molecule has 0 saturated carbocycles. The largest absolute Gasteiger partial charge is 0.489 e. The summed E-state index contributed by atoms with van der Waals surface area (Å²) in [6, 6.07) is 0. The Bertz CT molecular complexity index is 398. The molecule has 0 radical (unpaired) electrons. The van der Waals surface area contributed by atoms with E-state index in [9.17, 15) is 13.2 Å². The molecule has 1 atom stereocenters. The van der Waals surface area contributed by atoms with Gasteiger partial charge in [-0.1, -0.05) is 0 Å². The lowest BCUT2D eigenvalue weighted by atomic mass is 10.4. The average Bonchev–Trinajstić information content (AvgIpc) is 2.28. The Balaban J connectivity index is 2.98. The highest BCUT2D eigenvalue weighted by Crippen LogP contribution is 2.33. The topological polar surface area (TPSA) is 56.3 Å². The van der Waals surface area contributed by atoms with Crippen molar-refractivity contribution < 1.29 is 22.6 Å². The second kappa shape index (κ2) is 5.74. The van der Waals surface area contributed by atoms with E-state index in [0.29, 0.717) is 12.4 Å². The standard InChI is InChI=1S/C10H14F3N3O2/c1-4-14-8-7(17-3)9(16-5-15-8)18-6(2)10(11,12)13/h5-6H,4H2,1-3H3,(H,14,15,16). The molecule has 0 amide bonds. The number of ether oxygens (including phenoxy) is 2. The molecule has 0 saturated heterocycles. The predicted molar refractivity (Wildman–Crippen MR) is 58.9 cm³/mol. The molecule has 0 aliphatic rings. The second-order valence-electron chi connectivity index (χ2n) is 3.39. The van der Waals surface area contributed by atoms with Gasteiger partial charge in [-0.3, -0.25) is 0 Å². The van der Waals surface area contributed by atoms with Crippen LogP contribution >= 0.6 is 0 Å². The van der Waals surface area contributed by atoms with Crippen molar-refractivity contribution in [3.63, 3.8) is 0 Å². The van der Waals surface area contributed by atoms with Crippen LogP contribution in [0.5, 0.6) is 11.6 Å². The summed E-state index contributed by atoms with van der Waals surface area (Å²) in [5, 5.41) is 2.84. The molecule has 0 bridgehead atoms. The third-order valence-electron chi connectivity index (χ3n) is 2.07. The van der Waals surface area contributed by atoms with E-state index in [1.807, 2.05) is 6.92 Å². The van der Waals surface area contributed by atoms with Gasteiger partial charge >= 0.3 is 6.18 Å². The summed E-state index contributed by atoms with van der Waals surface area (Å²) < 4.78 is 46.9. The van der Waals surface area contributed by atoms with Crippen molar-refractivity contribution in [1.29, 1.82) is 0 Å². The monoisotopic (exact) mass is 265 g/mol. The van der Waals surface area contributed by atoms with Gasteiger partial charge in [0.2, 0.25) is 5.75 Å². The Morgan fingerprint density at radius 2 is 2.06 bits per heavy atom. The van der Waals surface area contributed by atoms with Crippen molar-refractivity contribution in [1.82, 2.24) is 9.97 Å². The fourth-order valence-electron chi connectivity index (χ4n) is 1.15. The Morgan fingerprint density at radius 3 is 2.56 bits per heavy atom. The Morgan fingerprint density at radius 1 is 1.39 bits per heavy atom. The SMILES string of the molecule is CCNc1ncnc(OC(C)C(F)(F)F)c1OC. The van der Waals surface area contributed by atoms with Crippen LogP contribution in [-0.2, 0) is 0 Å². The van der Waals surface area contributed by atoms with Gasteiger partial charge in [-0.2, -0.15) is 18.2 Å². The third-order valence-corrected chi connectivity index (χ3v) is 2.07. The number of nitrogens with one attached hydrogen (secondary N) is 1. The van der Waals surface area contributed by atoms with Crippen LogP contribution < -0.4 is 14.8 Å². The van der Waals surface area contributed by atoms with Gasteiger partial charge in [0.1, 0.15) is 6.33 Å². The van der Waals surface area contributed by atoms with Crippen LogP contribution in [0.15, 0.2) is 6.33 Å². The first-order chi connectivity index (χ1) is 8.40. The number of hydrogen-bond acceptors (Lipinski definition) is 5. The molecule has 1 N–H and O–H groups in total. The molecule has 0 aliphatic heterocycles. The number of rotatable bonds is 5. The zero-order valence-electron chi connectivity index (χ0n) is 10.2. The van der Waals surface area contributed by atoms with Crippen molar-refractivity contribution in [2.45, 2.75) is 26.1 Å². The van der Waals surface area contributed by atoms with E-state index in [4.69, 9.17) is 9.47 Å². The zero-order valence-corrected chi connectivity index (χ0v) is 10.2. The zero-order chi connectivity index (χ0) is 13.8. The predicted octanol–water partition coefficient (Wildman–Crippen LogP) is 2.25. The van der Waals surface area contributed by atoms with E-state index in [2.05, 4.69) is 15.3 Å². The van der Waals surface area contributed by atoms with Crippen molar-refractivity contribution in [3.05, 3.63) is 6.33 Å². The highest BCUT2D eigenvalue weighted by molar-refractivity contribution is 5.54. The van der Waals surface area contributed by atoms with Gasteiger partial charge in [0.05, 0.1) is 7.11 Å². The van der Waals surface area contributed by atoms with E-state index < -0.39 is 12.3 Å². The summed E-state index contributed by atoms with van der Waals surface area (Å²) >= 11 is 0. The lowest BCUT2D eigenvalue weighted by molar-refractivity contribution is -0.190. The molecule has 1 aromatic rings. The van der Waals surface area contributed by atoms with Crippen LogP contribution in [0.3, 0.4) is 0 Å². The molecule has 1 aromatic heterocycles. The molecular formula is C10H14F3N3O2. The molecular weight excluding hydrogens is 251 g/mol. The fraction of sp³-hybridized carbons (Fsp3) is 0.600. The maximum Gasteiger partial charge on any atom is 0.425 e. The second-order valence-corrected chi connectivity index (χ2v) is 3.39. The van der Waals surface area contributed by atoms with E-state index in [1.165, 1.54) is 7.11 Å². The molecule has 0 aromatic carbocycles.